The fraction of sp³-hybridized carbons (Fsp3) is 0.429. The van der Waals surface area contributed by atoms with Crippen molar-refractivity contribution in [2.24, 2.45) is 5.41 Å². The molecule has 1 aromatic carbocycles. The Hall–Kier alpha value is -2.36. The summed E-state index contributed by atoms with van der Waals surface area (Å²) in [7, 11) is 3.49. The number of carbonyl (C=O) groups excluding carboxylic acids is 1. The molecule has 0 radical (unpaired) electrons. The molecule has 4 heteroatoms. The van der Waals surface area contributed by atoms with Gasteiger partial charge in [-0.2, -0.15) is 0 Å². The SMILES string of the molecule is COc1ccnc(CN(C)C(=O)[C@]2(c3ccc(C)cc3)CC2(C)C)c1. The Morgan fingerprint density at radius 1 is 1.24 bits per heavy atom. The van der Waals surface area contributed by atoms with E-state index in [0.29, 0.717) is 6.54 Å². The van der Waals surface area contributed by atoms with Crippen LogP contribution in [0, 0.1) is 12.3 Å². The van der Waals surface area contributed by atoms with Gasteiger partial charge in [0.1, 0.15) is 5.75 Å². The number of benzene rings is 1. The lowest BCUT2D eigenvalue weighted by Crippen LogP contribution is -2.39. The summed E-state index contributed by atoms with van der Waals surface area (Å²) in [6.07, 6.45) is 2.58. The largest absolute Gasteiger partial charge is 0.497 e. The van der Waals surface area contributed by atoms with E-state index in [-0.39, 0.29) is 11.3 Å². The first-order chi connectivity index (χ1) is 11.8. The summed E-state index contributed by atoms with van der Waals surface area (Å²) >= 11 is 0. The second kappa shape index (κ2) is 6.17. The topological polar surface area (TPSA) is 42.4 Å². The number of hydrogen-bond acceptors (Lipinski definition) is 3. The lowest BCUT2D eigenvalue weighted by molar-refractivity contribution is -0.134. The standard InChI is InChI=1S/C21H26N2O2/c1-15-6-8-16(9-7-15)21(14-20(21,2)3)19(24)23(4)13-17-12-18(25-5)10-11-22-17/h6-12H,13-14H2,1-5H3/t21-/m1/s1. The molecular formula is C21H26N2O2. The van der Waals surface area contributed by atoms with Crippen LogP contribution in [0.25, 0.3) is 0 Å². The van der Waals surface area contributed by atoms with E-state index in [1.54, 1.807) is 18.2 Å². The molecule has 0 unspecified atom stereocenters. The van der Waals surface area contributed by atoms with Crippen molar-refractivity contribution in [3.63, 3.8) is 0 Å². The van der Waals surface area contributed by atoms with Gasteiger partial charge in [-0.05, 0) is 30.4 Å². The molecule has 1 fully saturated rings. The Bertz CT molecular complexity index is 783. The van der Waals surface area contributed by atoms with E-state index < -0.39 is 5.41 Å². The summed E-state index contributed by atoms with van der Waals surface area (Å²) in [6, 6.07) is 12.0. The van der Waals surface area contributed by atoms with Crippen molar-refractivity contribution >= 4 is 5.91 Å². The monoisotopic (exact) mass is 338 g/mol. The van der Waals surface area contributed by atoms with Crippen LogP contribution in [0.3, 0.4) is 0 Å². The number of aryl methyl sites for hydroxylation is 1. The van der Waals surface area contributed by atoms with Gasteiger partial charge in [-0.15, -0.1) is 0 Å². The first-order valence-corrected chi connectivity index (χ1v) is 8.62. The van der Waals surface area contributed by atoms with E-state index in [0.717, 1.165) is 23.4 Å². The third kappa shape index (κ3) is 3.01. The van der Waals surface area contributed by atoms with Crippen LogP contribution >= 0.6 is 0 Å². The third-order valence-electron chi connectivity index (χ3n) is 5.42. The molecule has 25 heavy (non-hydrogen) atoms. The minimum atomic E-state index is -0.436. The van der Waals surface area contributed by atoms with Crippen molar-refractivity contribution in [3.05, 3.63) is 59.4 Å². The Labute approximate surface area is 149 Å². The maximum Gasteiger partial charge on any atom is 0.233 e. The number of methoxy groups -OCH3 is 1. The van der Waals surface area contributed by atoms with Crippen molar-refractivity contribution in [1.29, 1.82) is 0 Å². The molecule has 4 nitrogen and oxygen atoms in total. The molecule has 0 aliphatic heterocycles. The summed E-state index contributed by atoms with van der Waals surface area (Å²) in [5.74, 6) is 0.914. The van der Waals surface area contributed by atoms with Crippen LogP contribution in [0.4, 0.5) is 0 Å². The normalized spacial score (nSPS) is 20.8. The smallest absolute Gasteiger partial charge is 0.233 e. The molecule has 1 aliphatic carbocycles. The van der Waals surface area contributed by atoms with Gasteiger partial charge < -0.3 is 9.64 Å². The van der Waals surface area contributed by atoms with Crippen LogP contribution in [-0.2, 0) is 16.8 Å². The Kier molecular flexibility index (Phi) is 4.31. The van der Waals surface area contributed by atoms with Gasteiger partial charge in [-0.25, -0.2) is 0 Å². The maximum absolute atomic E-state index is 13.4. The second-order valence-corrected chi connectivity index (χ2v) is 7.68. The number of nitrogens with zero attached hydrogens (tertiary/aromatic N) is 2. The maximum atomic E-state index is 13.4. The van der Waals surface area contributed by atoms with Gasteiger partial charge in [-0.3, -0.25) is 9.78 Å². The number of carbonyl (C=O) groups is 1. The summed E-state index contributed by atoms with van der Waals surface area (Å²) in [5, 5.41) is 0. The molecule has 1 atom stereocenters. The van der Waals surface area contributed by atoms with E-state index in [1.807, 2.05) is 19.2 Å². The average Bonchev–Trinajstić information content (AvgIpc) is 3.18. The van der Waals surface area contributed by atoms with E-state index in [2.05, 4.69) is 50.0 Å². The second-order valence-electron chi connectivity index (χ2n) is 7.68. The predicted molar refractivity (Wildman–Crippen MR) is 98.5 cm³/mol. The molecule has 0 N–H and O–H groups in total. The van der Waals surface area contributed by atoms with Crippen LogP contribution in [-0.4, -0.2) is 29.9 Å². The summed E-state index contributed by atoms with van der Waals surface area (Å²) < 4.78 is 5.25. The van der Waals surface area contributed by atoms with E-state index in [4.69, 9.17) is 4.74 Å². The van der Waals surface area contributed by atoms with Crippen molar-refractivity contribution in [3.8, 4) is 5.75 Å². The van der Waals surface area contributed by atoms with Gasteiger partial charge in [0.05, 0.1) is 24.8 Å². The number of hydrogen-bond donors (Lipinski definition) is 0. The number of rotatable bonds is 5. The highest BCUT2D eigenvalue weighted by molar-refractivity contribution is 5.93. The highest BCUT2D eigenvalue weighted by atomic mass is 16.5. The molecule has 0 bridgehead atoms. The highest BCUT2D eigenvalue weighted by Gasteiger charge is 2.67. The van der Waals surface area contributed by atoms with Crippen molar-refractivity contribution in [2.75, 3.05) is 14.2 Å². The highest BCUT2D eigenvalue weighted by Crippen LogP contribution is 2.65. The van der Waals surface area contributed by atoms with E-state index >= 15 is 0 Å². The molecule has 1 amide bonds. The van der Waals surface area contributed by atoms with Gasteiger partial charge in [0.2, 0.25) is 5.91 Å². The van der Waals surface area contributed by atoms with Gasteiger partial charge in [0.15, 0.2) is 0 Å². The van der Waals surface area contributed by atoms with Crippen molar-refractivity contribution in [2.45, 2.75) is 39.2 Å². The number of ether oxygens (including phenoxy) is 1. The third-order valence-corrected chi connectivity index (χ3v) is 5.42. The van der Waals surface area contributed by atoms with Crippen LogP contribution < -0.4 is 4.74 Å². The van der Waals surface area contributed by atoms with E-state index in [1.165, 1.54) is 5.56 Å². The number of amides is 1. The van der Waals surface area contributed by atoms with Gasteiger partial charge in [0.25, 0.3) is 0 Å². The van der Waals surface area contributed by atoms with Crippen LogP contribution in [0.1, 0.15) is 37.1 Å². The molecule has 1 aliphatic rings. The Balaban J connectivity index is 1.85. The molecule has 1 saturated carbocycles. The van der Waals surface area contributed by atoms with Crippen molar-refractivity contribution < 1.29 is 9.53 Å². The Morgan fingerprint density at radius 3 is 2.44 bits per heavy atom. The number of likely N-dealkylation sites (N-methyl/N-ethyl adjacent to an activating group) is 1. The number of pyridine rings is 1. The quantitative estimate of drug-likeness (QED) is 0.834. The fourth-order valence-electron chi connectivity index (χ4n) is 3.75. The first-order valence-electron chi connectivity index (χ1n) is 8.62. The van der Waals surface area contributed by atoms with Crippen LogP contribution in [0.2, 0.25) is 0 Å². The average molecular weight is 338 g/mol. The molecular weight excluding hydrogens is 312 g/mol. The molecule has 3 rings (SSSR count). The van der Waals surface area contributed by atoms with Gasteiger partial charge in [-0.1, -0.05) is 43.7 Å². The van der Waals surface area contributed by atoms with Crippen molar-refractivity contribution in [1.82, 2.24) is 9.88 Å². The lowest BCUT2D eigenvalue weighted by atomic mass is 9.86. The lowest BCUT2D eigenvalue weighted by Gasteiger charge is -2.27. The minimum absolute atomic E-state index is 0.0323. The zero-order valence-electron chi connectivity index (χ0n) is 15.7. The summed E-state index contributed by atoms with van der Waals surface area (Å²) in [5.41, 5.74) is 2.67. The Morgan fingerprint density at radius 2 is 1.88 bits per heavy atom. The molecule has 2 aromatic rings. The zero-order valence-corrected chi connectivity index (χ0v) is 15.7. The zero-order chi connectivity index (χ0) is 18.2. The first kappa shape index (κ1) is 17.5. The van der Waals surface area contributed by atoms with Crippen LogP contribution in [0.15, 0.2) is 42.6 Å². The van der Waals surface area contributed by atoms with Gasteiger partial charge >= 0.3 is 0 Å². The van der Waals surface area contributed by atoms with Crippen LogP contribution in [0.5, 0.6) is 5.75 Å². The predicted octanol–water partition coefficient (Wildman–Crippen LogP) is 3.72. The molecule has 132 valence electrons. The molecule has 1 aromatic heterocycles. The van der Waals surface area contributed by atoms with E-state index in [9.17, 15) is 4.79 Å². The molecule has 1 heterocycles. The number of aromatic nitrogens is 1. The summed E-state index contributed by atoms with van der Waals surface area (Å²) in [6.45, 7) is 6.88. The van der Waals surface area contributed by atoms with Gasteiger partial charge in [0, 0.05) is 19.3 Å². The molecule has 0 spiro atoms. The summed E-state index contributed by atoms with van der Waals surface area (Å²) in [4.78, 5) is 19.5. The fourth-order valence-corrected chi connectivity index (χ4v) is 3.75. The minimum Gasteiger partial charge on any atom is -0.497 e. The molecule has 0 saturated heterocycles.